The van der Waals surface area contributed by atoms with Gasteiger partial charge in [0, 0.05) is 32.5 Å². The summed E-state index contributed by atoms with van der Waals surface area (Å²) in [5.74, 6) is 1.44. The predicted molar refractivity (Wildman–Crippen MR) is 106 cm³/mol. The molecule has 1 N–H and O–H groups in total. The molecule has 2 fully saturated rings. The molecule has 0 bridgehead atoms. The molecule has 2 saturated heterocycles. The fourth-order valence-electron chi connectivity index (χ4n) is 3.99. The van der Waals surface area contributed by atoms with Crippen LogP contribution < -0.4 is 10.3 Å². The van der Waals surface area contributed by atoms with Gasteiger partial charge in [0.2, 0.25) is 0 Å². The number of nitrogens with zero attached hydrogens (tertiary/aromatic N) is 5. The lowest BCUT2D eigenvalue weighted by Crippen LogP contribution is -2.54. The zero-order valence-corrected chi connectivity index (χ0v) is 16.3. The van der Waals surface area contributed by atoms with Crippen LogP contribution in [0, 0.1) is 0 Å². The zero-order chi connectivity index (χ0) is 19.8. The summed E-state index contributed by atoms with van der Waals surface area (Å²) in [4.78, 5) is 26.7. The minimum absolute atomic E-state index is 0.0149. The Labute approximate surface area is 167 Å². The Balaban J connectivity index is 1.33. The summed E-state index contributed by atoms with van der Waals surface area (Å²) in [7, 11) is 0. The lowest BCUT2D eigenvalue weighted by Gasteiger charge is -2.42. The Kier molecular flexibility index (Phi) is 4.76. The average Bonchev–Trinajstić information content (AvgIpc) is 3.16. The van der Waals surface area contributed by atoms with E-state index in [1.807, 2.05) is 16.8 Å². The molecule has 0 spiro atoms. The van der Waals surface area contributed by atoms with Crippen molar-refractivity contribution in [2.24, 2.45) is 0 Å². The molecule has 0 radical (unpaired) electrons. The van der Waals surface area contributed by atoms with Crippen molar-refractivity contribution in [1.29, 1.82) is 0 Å². The van der Waals surface area contributed by atoms with Crippen molar-refractivity contribution in [3.63, 3.8) is 0 Å². The van der Waals surface area contributed by atoms with Gasteiger partial charge in [-0.15, -0.1) is 0 Å². The van der Waals surface area contributed by atoms with Crippen molar-refractivity contribution in [3.8, 4) is 5.75 Å². The van der Waals surface area contributed by atoms with Crippen molar-refractivity contribution in [3.05, 3.63) is 46.9 Å². The van der Waals surface area contributed by atoms with Crippen LogP contribution in [0.3, 0.4) is 0 Å². The number of rotatable bonds is 5. The van der Waals surface area contributed by atoms with Crippen LogP contribution in [0.5, 0.6) is 5.75 Å². The molecule has 0 saturated carbocycles. The SMILES string of the molecule is CC(c1nc2c(cnn2C2CCOCC2)c(=O)[nH]1)N1CC(Oc2cccnc2)C1. The third-order valence-electron chi connectivity index (χ3n) is 5.78. The summed E-state index contributed by atoms with van der Waals surface area (Å²) in [5.41, 5.74) is 0.519. The number of pyridine rings is 1. The van der Waals surface area contributed by atoms with Crippen LogP contribution >= 0.6 is 0 Å². The number of hydrogen-bond donors (Lipinski definition) is 1. The summed E-state index contributed by atoms with van der Waals surface area (Å²) < 4.78 is 13.3. The van der Waals surface area contributed by atoms with E-state index in [9.17, 15) is 4.79 Å². The zero-order valence-electron chi connectivity index (χ0n) is 16.3. The first-order valence-electron chi connectivity index (χ1n) is 10.0. The molecule has 0 amide bonds. The van der Waals surface area contributed by atoms with Gasteiger partial charge in [-0.1, -0.05) is 0 Å². The van der Waals surface area contributed by atoms with Gasteiger partial charge in [0.1, 0.15) is 23.1 Å². The van der Waals surface area contributed by atoms with E-state index in [4.69, 9.17) is 14.5 Å². The van der Waals surface area contributed by atoms with Crippen LogP contribution in [0.1, 0.15) is 37.7 Å². The maximum absolute atomic E-state index is 12.6. The molecule has 0 aromatic carbocycles. The monoisotopic (exact) mass is 396 g/mol. The van der Waals surface area contributed by atoms with Gasteiger partial charge in [-0.25, -0.2) is 9.67 Å². The largest absolute Gasteiger partial charge is 0.486 e. The summed E-state index contributed by atoms with van der Waals surface area (Å²) in [6.07, 6.45) is 6.95. The summed E-state index contributed by atoms with van der Waals surface area (Å²) in [6.45, 7) is 5.03. The van der Waals surface area contributed by atoms with Gasteiger partial charge in [-0.2, -0.15) is 5.10 Å². The lowest BCUT2D eigenvalue weighted by atomic mass is 10.1. The number of aromatic amines is 1. The first-order chi connectivity index (χ1) is 14.2. The topological polar surface area (TPSA) is 98.2 Å². The van der Waals surface area contributed by atoms with E-state index in [-0.39, 0.29) is 23.7 Å². The molecule has 1 unspecified atom stereocenters. The maximum atomic E-state index is 12.6. The third-order valence-corrected chi connectivity index (χ3v) is 5.78. The van der Waals surface area contributed by atoms with E-state index in [1.165, 1.54) is 0 Å². The molecular formula is C20H24N6O3. The van der Waals surface area contributed by atoms with Crippen molar-refractivity contribution >= 4 is 11.0 Å². The van der Waals surface area contributed by atoms with Gasteiger partial charge in [-0.3, -0.25) is 14.7 Å². The van der Waals surface area contributed by atoms with Gasteiger partial charge in [0.15, 0.2) is 5.65 Å². The van der Waals surface area contributed by atoms with Crippen LogP contribution in [0.15, 0.2) is 35.5 Å². The minimum Gasteiger partial charge on any atom is -0.486 e. The van der Waals surface area contributed by atoms with Crippen LogP contribution in [0.25, 0.3) is 11.0 Å². The van der Waals surface area contributed by atoms with Gasteiger partial charge in [-0.05, 0) is 31.9 Å². The normalized spacial score (nSPS) is 19.9. The Hall–Kier alpha value is -2.78. The highest BCUT2D eigenvalue weighted by Crippen LogP contribution is 2.27. The number of ether oxygens (including phenoxy) is 2. The number of H-pyrrole nitrogens is 1. The fourth-order valence-corrected chi connectivity index (χ4v) is 3.99. The second-order valence-corrected chi connectivity index (χ2v) is 7.68. The number of fused-ring (bicyclic) bond motifs is 1. The Bertz CT molecular complexity index is 1040. The quantitative estimate of drug-likeness (QED) is 0.701. The Morgan fingerprint density at radius 1 is 1.28 bits per heavy atom. The number of aromatic nitrogens is 5. The molecule has 29 heavy (non-hydrogen) atoms. The second-order valence-electron chi connectivity index (χ2n) is 7.68. The van der Waals surface area contributed by atoms with Crippen molar-refractivity contribution in [2.45, 2.75) is 38.0 Å². The molecule has 2 aliphatic rings. The lowest BCUT2D eigenvalue weighted by molar-refractivity contribution is -0.00753. The van der Waals surface area contributed by atoms with Crippen molar-refractivity contribution in [2.75, 3.05) is 26.3 Å². The Morgan fingerprint density at radius 3 is 2.86 bits per heavy atom. The second kappa shape index (κ2) is 7.57. The van der Waals surface area contributed by atoms with E-state index >= 15 is 0 Å². The first-order valence-corrected chi connectivity index (χ1v) is 10.0. The molecule has 9 nitrogen and oxygen atoms in total. The van der Waals surface area contributed by atoms with Crippen molar-refractivity contribution in [1.82, 2.24) is 29.6 Å². The molecule has 9 heteroatoms. The number of nitrogens with one attached hydrogen (secondary N) is 1. The first kappa shape index (κ1) is 18.3. The number of likely N-dealkylation sites (tertiary alicyclic amines) is 1. The standard InChI is InChI=1S/C20H24N6O3/c1-13(25-11-16(12-25)29-15-3-2-6-21-9-15)18-23-19-17(20(27)24-18)10-22-26(19)14-4-7-28-8-5-14/h2-3,6,9-10,13-14,16H,4-5,7-8,11-12H2,1H3,(H,23,24,27). The fraction of sp³-hybridized carbons (Fsp3) is 0.500. The van der Waals surface area contributed by atoms with E-state index in [0.29, 0.717) is 30.1 Å². The third kappa shape index (κ3) is 3.51. The van der Waals surface area contributed by atoms with Gasteiger partial charge < -0.3 is 14.5 Å². The van der Waals surface area contributed by atoms with E-state index in [0.717, 1.165) is 31.7 Å². The summed E-state index contributed by atoms with van der Waals surface area (Å²) in [6, 6.07) is 3.97. The van der Waals surface area contributed by atoms with Gasteiger partial charge in [0.25, 0.3) is 5.56 Å². The molecular weight excluding hydrogens is 372 g/mol. The molecule has 5 rings (SSSR count). The molecule has 1 atom stereocenters. The molecule has 3 aromatic rings. The van der Waals surface area contributed by atoms with E-state index < -0.39 is 0 Å². The van der Waals surface area contributed by atoms with Crippen LogP contribution in [-0.2, 0) is 4.74 Å². The molecule has 3 aromatic heterocycles. The summed E-state index contributed by atoms with van der Waals surface area (Å²) in [5, 5.41) is 4.99. The molecule has 152 valence electrons. The predicted octanol–water partition coefficient (Wildman–Crippen LogP) is 1.69. The van der Waals surface area contributed by atoms with E-state index in [2.05, 4.69) is 26.9 Å². The highest BCUT2D eigenvalue weighted by molar-refractivity contribution is 5.73. The summed E-state index contributed by atoms with van der Waals surface area (Å²) >= 11 is 0. The van der Waals surface area contributed by atoms with Crippen LogP contribution in [0.2, 0.25) is 0 Å². The number of hydrogen-bond acceptors (Lipinski definition) is 7. The Morgan fingerprint density at radius 2 is 2.10 bits per heavy atom. The van der Waals surface area contributed by atoms with E-state index in [1.54, 1.807) is 18.6 Å². The van der Waals surface area contributed by atoms with Crippen LogP contribution in [0.4, 0.5) is 0 Å². The molecule has 2 aliphatic heterocycles. The highest BCUT2D eigenvalue weighted by atomic mass is 16.5. The average molecular weight is 396 g/mol. The van der Waals surface area contributed by atoms with Crippen LogP contribution in [-0.4, -0.2) is 62.0 Å². The van der Waals surface area contributed by atoms with Gasteiger partial charge >= 0.3 is 0 Å². The maximum Gasteiger partial charge on any atom is 0.262 e. The molecule has 5 heterocycles. The minimum atomic E-state index is -0.140. The molecule has 0 aliphatic carbocycles. The van der Waals surface area contributed by atoms with Crippen molar-refractivity contribution < 1.29 is 9.47 Å². The smallest absolute Gasteiger partial charge is 0.262 e. The highest BCUT2D eigenvalue weighted by Gasteiger charge is 2.34. The van der Waals surface area contributed by atoms with Gasteiger partial charge in [0.05, 0.1) is 24.5 Å².